The molecule has 1 N–H and O–H groups in total. The molecule has 15 heavy (non-hydrogen) atoms. The lowest BCUT2D eigenvalue weighted by Crippen LogP contribution is -2.39. The fraction of sp³-hybridized carbons (Fsp3) is 1.00. The van der Waals surface area contributed by atoms with Crippen molar-refractivity contribution in [3.63, 3.8) is 0 Å². The van der Waals surface area contributed by atoms with Crippen molar-refractivity contribution in [1.82, 2.24) is 4.90 Å². The fourth-order valence-corrected chi connectivity index (χ4v) is 3.00. The number of aliphatic hydroxyl groups is 1. The van der Waals surface area contributed by atoms with Crippen LogP contribution in [0, 0.1) is 11.3 Å². The molecule has 1 saturated carbocycles. The minimum absolute atomic E-state index is 0.287. The second-order valence-corrected chi connectivity index (χ2v) is 6.31. The summed E-state index contributed by atoms with van der Waals surface area (Å²) in [4.78, 5) is 2.46. The van der Waals surface area contributed by atoms with Gasteiger partial charge in [0.1, 0.15) is 0 Å². The molecule has 0 heterocycles. The van der Waals surface area contributed by atoms with Gasteiger partial charge >= 0.3 is 0 Å². The summed E-state index contributed by atoms with van der Waals surface area (Å²) in [6.45, 7) is 9.12. The molecule has 0 spiro atoms. The number of hydrogen-bond donors (Lipinski definition) is 1. The van der Waals surface area contributed by atoms with Gasteiger partial charge in [0.2, 0.25) is 0 Å². The average molecular weight is 278 g/mol. The van der Waals surface area contributed by atoms with Gasteiger partial charge in [0.25, 0.3) is 0 Å². The van der Waals surface area contributed by atoms with Crippen molar-refractivity contribution in [3.05, 3.63) is 0 Å². The van der Waals surface area contributed by atoms with E-state index in [1.165, 1.54) is 12.8 Å². The Bertz CT molecular complexity index is 187. The summed E-state index contributed by atoms with van der Waals surface area (Å²) in [5.74, 6) is 0.657. The number of rotatable bonds is 6. The van der Waals surface area contributed by atoms with Crippen LogP contribution in [0.2, 0.25) is 0 Å². The van der Waals surface area contributed by atoms with Crippen molar-refractivity contribution >= 4 is 15.9 Å². The summed E-state index contributed by atoms with van der Waals surface area (Å²) >= 11 is 3.61. The number of hydrogen-bond acceptors (Lipinski definition) is 2. The van der Waals surface area contributed by atoms with E-state index in [-0.39, 0.29) is 6.61 Å². The van der Waals surface area contributed by atoms with Gasteiger partial charge in [-0.05, 0) is 24.2 Å². The molecule has 1 aliphatic carbocycles. The Morgan fingerprint density at radius 1 is 1.40 bits per heavy atom. The first-order valence-corrected chi connectivity index (χ1v) is 7.02. The largest absolute Gasteiger partial charge is 0.395 e. The molecular formula is C12H24BrNO. The Labute approximate surface area is 102 Å². The van der Waals surface area contributed by atoms with Gasteiger partial charge in [-0.2, -0.15) is 0 Å². The van der Waals surface area contributed by atoms with Gasteiger partial charge in [0.05, 0.1) is 6.61 Å². The zero-order chi connectivity index (χ0) is 11.5. The number of nitrogens with zero attached hydrogens (tertiary/aromatic N) is 1. The van der Waals surface area contributed by atoms with Crippen molar-refractivity contribution < 1.29 is 5.11 Å². The van der Waals surface area contributed by atoms with Crippen LogP contribution in [0.15, 0.2) is 0 Å². The van der Waals surface area contributed by atoms with Crippen molar-refractivity contribution in [2.75, 3.05) is 25.0 Å². The van der Waals surface area contributed by atoms with E-state index < -0.39 is 0 Å². The van der Waals surface area contributed by atoms with Crippen LogP contribution in [0.5, 0.6) is 0 Å². The Balaban J connectivity index is 2.47. The third kappa shape index (κ3) is 4.41. The van der Waals surface area contributed by atoms with Crippen LogP contribution in [0.25, 0.3) is 0 Å². The van der Waals surface area contributed by atoms with E-state index in [0.717, 1.165) is 24.5 Å². The van der Waals surface area contributed by atoms with E-state index in [0.29, 0.717) is 11.3 Å². The minimum Gasteiger partial charge on any atom is -0.395 e. The lowest BCUT2D eigenvalue weighted by atomic mass is 9.81. The van der Waals surface area contributed by atoms with E-state index in [1.54, 1.807) is 0 Å². The van der Waals surface area contributed by atoms with Gasteiger partial charge in [0.15, 0.2) is 0 Å². The minimum atomic E-state index is 0.287. The first-order valence-electron chi connectivity index (χ1n) is 5.90. The molecule has 0 saturated heterocycles. The van der Waals surface area contributed by atoms with Crippen LogP contribution >= 0.6 is 15.9 Å². The second kappa shape index (κ2) is 5.65. The van der Waals surface area contributed by atoms with Crippen LogP contribution in [0.3, 0.4) is 0 Å². The highest BCUT2D eigenvalue weighted by molar-refractivity contribution is 9.09. The molecule has 3 heteroatoms. The zero-order valence-electron chi connectivity index (χ0n) is 10.2. The van der Waals surface area contributed by atoms with Crippen LogP contribution in [0.4, 0.5) is 0 Å². The molecule has 0 bridgehead atoms. The molecule has 1 aliphatic rings. The molecule has 90 valence electrons. The first kappa shape index (κ1) is 13.5. The molecule has 1 atom stereocenters. The summed E-state index contributed by atoms with van der Waals surface area (Å²) in [6, 6.07) is 0.751. The smallest absolute Gasteiger partial charge is 0.0558 e. The summed E-state index contributed by atoms with van der Waals surface area (Å²) in [5.41, 5.74) is 0.339. The van der Waals surface area contributed by atoms with Gasteiger partial charge in [-0.1, -0.05) is 36.7 Å². The van der Waals surface area contributed by atoms with Gasteiger partial charge in [0, 0.05) is 24.5 Å². The topological polar surface area (TPSA) is 23.5 Å². The molecule has 1 unspecified atom stereocenters. The highest BCUT2D eigenvalue weighted by Gasteiger charge is 2.33. The molecule has 0 aliphatic heterocycles. The Morgan fingerprint density at radius 2 is 2.00 bits per heavy atom. The van der Waals surface area contributed by atoms with Gasteiger partial charge < -0.3 is 5.11 Å². The maximum Gasteiger partial charge on any atom is 0.0558 e. The van der Waals surface area contributed by atoms with E-state index >= 15 is 0 Å². The zero-order valence-corrected chi connectivity index (χ0v) is 11.8. The number of aliphatic hydroxyl groups excluding tert-OH is 1. The van der Waals surface area contributed by atoms with Crippen LogP contribution < -0.4 is 0 Å². The highest BCUT2D eigenvalue weighted by Crippen LogP contribution is 2.32. The summed E-state index contributed by atoms with van der Waals surface area (Å²) < 4.78 is 0. The van der Waals surface area contributed by atoms with Crippen LogP contribution in [-0.4, -0.2) is 41.1 Å². The standard InChI is InChI=1S/C12H24BrNO/c1-12(2,3)10(8-13)9-14(6-7-15)11-4-5-11/h10-11,15H,4-9H2,1-3H3. The van der Waals surface area contributed by atoms with Crippen molar-refractivity contribution in [2.45, 2.75) is 39.7 Å². The van der Waals surface area contributed by atoms with Crippen LogP contribution in [-0.2, 0) is 0 Å². The SMILES string of the molecule is CC(C)(C)C(CBr)CN(CCO)C1CC1. The third-order valence-electron chi connectivity index (χ3n) is 3.32. The quantitative estimate of drug-likeness (QED) is 0.755. The van der Waals surface area contributed by atoms with Crippen molar-refractivity contribution in [1.29, 1.82) is 0 Å². The van der Waals surface area contributed by atoms with E-state index in [9.17, 15) is 0 Å². The number of halogens is 1. The Hall–Kier alpha value is 0.400. The molecule has 2 nitrogen and oxygen atoms in total. The highest BCUT2D eigenvalue weighted by atomic mass is 79.9. The second-order valence-electron chi connectivity index (χ2n) is 5.67. The van der Waals surface area contributed by atoms with Gasteiger partial charge in [-0.3, -0.25) is 4.90 Å². The summed E-state index contributed by atoms with van der Waals surface area (Å²) in [6.07, 6.45) is 2.64. The predicted molar refractivity (Wildman–Crippen MR) is 68.4 cm³/mol. The third-order valence-corrected chi connectivity index (χ3v) is 4.10. The van der Waals surface area contributed by atoms with Gasteiger partial charge in [-0.25, -0.2) is 0 Å². The number of alkyl halides is 1. The molecule has 0 aromatic rings. The van der Waals surface area contributed by atoms with Crippen LogP contribution in [0.1, 0.15) is 33.6 Å². The molecule has 0 radical (unpaired) electrons. The molecule has 1 rings (SSSR count). The molecule has 0 aromatic carbocycles. The molecular weight excluding hydrogens is 254 g/mol. The first-order chi connectivity index (χ1) is 6.99. The van der Waals surface area contributed by atoms with E-state index in [1.807, 2.05) is 0 Å². The molecule has 0 aromatic heterocycles. The fourth-order valence-electron chi connectivity index (χ4n) is 1.83. The van der Waals surface area contributed by atoms with E-state index in [4.69, 9.17) is 5.11 Å². The molecule has 0 amide bonds. The maximum atomic E-state index is 9.05. The van der Waals surface area contributed by atoms with Gasteiger partial charge in [-0.15, -0.1) is 0 Å². The average Bonchev–Trinajstić information content (AvgIpc) is 2.93. The lowest BCUT2D eigenvalue weighted by molar-refractivity contribution is 0.133. The summed E-state index contributed by atoms with van der Waals surface area (Å²) in [5, 5.41) is 10.1. The molecule has 1 fully saturated rings. The van der Waals surface area contributed by atoms with Crippen molar-refractivity contribution in [2.24, 2.45) is 11.3 Å². The van der Waals surface area contributed by atoms with Crippen molar-refractivity contribution in [3.8, 4) is 0 Å². The maximum absolute atomic E-state index is 9.05. The normalized spacial score (nSPS) is 19.6. The Morgan fingerprint density at radius 3 is 2.33 bits per heavy atom. The van der Waals surface area contributed by atoms with E-state index in [2.05, 4.69) is 41.6 Å². The summed E-state index contributed by atoms with van der Waals surface area (Å²) in [7, 11) is 0. The lowest BCUT2D eigenvalue weighted by Gasteiger charge is -2.34. The predicted octanol–water partition coefficient (Wildman–Crippen LogP) is 2.50. The Kier molecular flexibility index (Phi) is 5.07. The monoisotopic (exact) mass is 277 g/mol.